The number of hydrogen-bond acceptors (Lipinski definition) is 2. The maximum Gasteiger partial charge on any atom is 0.302 e. The minimum atomic E-state index is -2.35. The van der Waals surface area contributed by atoms with E-state index in [0.29, 0.717) is 27.1 Å². The molecule has 0 saturated carbocycles. The highest BCUT2D eigenvalue weighted by molar-refractivity contribution is 7.74. The fourth-order valence-corrected chi connectivity index (χ4v) is 2.65. The highest BCUT2D eigenvalue weighted by Crippen LogP contribution is 2.32. The molecule has 0 spiro atoms. The van der Waals surface area contributed by atoms with Gasteiger partial charge in [0.25, 0.3) is 0 Å². The number of fused-ring (bicyclic) bond motifs is 2. The Kier molecular flexibility index (Phi) is 3.48. The summed E-state index contributed by atoms with van der Waals surface area (Å²) in [7, 11) is 0. The van der Waals surface area contributed by atoms with Crippen LogP contribution in [0.25, 0.3) is 21.5 Å². The Morgan fingerprint density at radius 1 is 0.950 bits per heavy atom. The normalized spacial score (nSPS) is 12.9. The minimum absolute atomic E-state index is 0.0512. The van der Waals surface area contributed by atoms with Gasteiger partial charge in [-0.2, -0.15) is 4.21 Å². The van der Waals surface area contributed by atoms with Crippen LogP contribution in [0.2, 0.25) is 0 Å². The lowest BCUT2D eigenvalue weighted by atomic mass is 9.96. The minimum Gasteiger partial charge on any atom is -0.284 e. The number of halogens is 1. The zero-order valence-electron chi connectivity index (χ0n) is 10.4. The first-order valence-electron chi connectivity index (χ1n) is 6.00. The van der Waals surface area contributed by atoms with E-state index in [4.69, 9.17) is 8.74 Å². The summed E-state index contributed by atoms with van der Waals surface area (Å²) >= 11 is -2.35. The Hall–Kier alpha value is -1.82. The van der Waals surface area contributed by atoms with Crippen molar-refractivity contribution in [1.29, 1.82) is 0 Å². The van der Waals surface area contributed by atoms with Crippen molar-refractivity contribution < 1.29 is 17.3 Å². The average Bonchev–Trinajstić information content (AvgIpc) is 2.47. The van der Waals surface area contributed by atoms with E-state index in [1.54, 1.807) is 48.5 Å². The largest absolute Gasteiger partial charge is 0.302 e. The summed E-state index contributed by atoms with van der Waals surface area (Å²) in [6, 6.07) is 14.1. The van der Waals surface area contributed by atoms with Gasteiger partial charge in [0.15, 0.2) is 0 Å². The summed E-state index contributed by atoms with van der Waals surface area (Å²) in [4.78, 5) is 0. The fraction of sp³-hybridized carbons (Fsp3) is 0.0667. The lowest BCUT2D eigenvalue weighted by Gasteiger charge is -2.12. The van der Waals surface area contributed by atoms with E-state index in [0.717, 1.165) is 0 Å². The monoisotopic (exact) mass is 290 g/mol. The molecule has 1 N–H and O–H groups in total. The number of rotatable bonds is 3. The smallest absolute Gasteiger partial charge is 0.284 e. The molecule has 0 bridgehead atoms. The molecule has 0 aliphatic rings. The lowest BCUT2D eigenvalue weighted by molar-refractivity contribution is 0.299. The maximum atomic E-state index is 14.5. The van der Waals surface area contributed by atoms with Crippen molar-refractivity contribution >= 4 is 32.9 Å². The van der Waals surface area contributed by atoms with Gasteiger partial charge in [-0.15, -0.1) is 0 Å². The van der Waals surface area contributed by atoms with Crippen molar-refractivity contribution in [3.63, 3.8) is 0 Å². The van der Waals surface area contributed by atoms with Gasteiger partial charge in [-0.05, 0) is 16.3 Å². The third-order valence-electron chi connectivity index (χ3n) is 3.28. The molecule has 5 heteroatoms. The second-order valence-corrected chi connectivity index (χ2v) is 5.03. The van der Waals surface area contributed by atoms with Gasteiger partial charge in [0.2, 0.25) is 0 Å². The third-order valence-corrected chi connectivity index (χ3v) is 3.60. The zero-order chi connectivity index (χ0) is 14.1. The summed E-state index contributed by atoms with van der Waals surface area (Å²) in [5, 5.41) is 2.34. The first-order valence-corrected chi connectivity index (χ1v) is 7.03. The molecule has 0 saturated heterocycles. The number of hydrogen-bond donors (Lipinski definition) is 1. The molecular weight excluding hydrogens is 279 g/mol. The molecule has 0 fully saturated rings. The van der Waals surface area contributed by atoms with Crippen LogP contribution in [0.1, 0.15) is 5.56 Å². The molecule has 0 aromatic heterocycles. The molecule has 0 heterocycles. The molecule has 20 heavy (non-hydrogen) atoms. The quantitative estimate of drug-likeness (QED) is 0.590. The molecule has 0 amide bonds. The van der Waals surface area contributed by atoms with E-state index < -0.39 is 11.4 Å². The molecule has 0 radical (unpaired) electrons. The summed E-state index contributed by atoms with van der Waals surface area (Å²) in [6.07, 6.45) is 0. The van der Waals surface area contributed by atoms with Gasteiger partial charge in [0.1, 0.15) is 5.82 Å². The predicted octanol–water partition coefficient (Wildman–Crippen LogP) is 3.79. The Bertz CT molecular complexity index is 760. The molecule has 3 aromatic carbocycles. The van der Waals surface area contributed by atoms with Crippen LogP contribution in [0.15, 0.2) is 48.5 Å². The second kappa shape index (κ2) is 5.28. The van der Waals surface area contributed by atoms with E-state index in [2.05, 4.69) is 0 Å². The molecule has 1 unspecified atom stereocenters. The second-order valence-electron chi connectivity index (χ2n) is 4.36. The zero-order valence-corrected chi connectivity index (χ0v) is 11.2. The molecule has 0 aliphatic heterocycles. The molecule has 3 nitrogen and oxygen atoms in total. The van der Waals surface area contributed by atoms with Crippen LogP contribution in [0, 0.1) is 5.82 Å². The third kappa shape index (κ3) is 2.20. The maximum absolute atomic E-state index is 14.5. The van der Waals surface area contributed by atoms with Gasteiger partial charge in [0.05, 0.1) is 6.61 Å². The van der Waals surface area contributed by atoms with Crippen LogP contribution < -0.4 is 0 Å². The SMILES string of the molecule is O=S(O)OCc1c2ccccc2c(F)c2ccccc12. The average molecular weight is 290 g/mol. The van der Waals surface area contributed by atoms with Crippen LogP contribution in [-0.2, 0) is 22.2 Å². The van der Waals surface area contributed by atoms with Crippen LogP contribution >= 0.6 is 0 Å². The predicted molar refractivity (Wildman–Crippen MR) is 77.0 cm³/mol. The lowest BCUT2D eigenvalue weighted by Crippen LogP contribution is -1.99. The van der Waals surface area contributed by atoms with Gasteiger partial charge >= 0.3 is 11.4 Å². The van der Waals surface area contributed by atoms with Crippen LogP contribution in [-0.4, -0.2) is 8.76 Å². The summed E-state index contributed by atoms with van der Waals surface area (Å²) in [5.41, 5.74) is 0.708. The van der Waals surface area contributed by atoms with Crippen molar-refractivity contribution in [3.05, 3.63) is 59.9 Å². The van der Waals surface area contributed by atoms with Gasteiger partial charge < -0.3 is 0 Å². The van der Waals surface area contributed by atoms with Crippen LogP contribution in [0.5, 0.6) is 0 Å². The van der Waals surface area contributed by atoms with Crippen LogP contribution in [0.3, 0.4) is 0 Å². The van der Waals surface area contributed by atoms with Crippen LogP contribution in [0.4, 0.5) is 4.39 Å². The topological polar surface area (TPSA) is 46.5 Å². The Labute approximate surface area is 117 Å². The summed E-state index contributed by atoms with van der Waals surface area (Å²) in [5.74, 6) is -0.287. The van der Waals surface area contributed by atoms with E-state index in [1.165, 1.54) is 0 Å². The molecule has 102 valence electrons. The van der Waals surface area contributed by atoms with E-state index >= 15 is 0 Å². The van der Waals surface area contributed by atoms with Crippen molar-refractivity contribution in [1.82, 2.24) is 0 Å². The standard InChI is InChI=1S/C15H11FO3S/c16-15-12-7-3-1-5-10(12)14(9-19-20(17)18)11-6-2-4-8-13(11)15/h1-8H,9H2,(H,17,18). The molecule has 0 aliphatic carbocycles. The highest BCUT2D eigenvalue weighted by Gasteiger charge is 2.13. The fourth-order valence-electron chi connectivity index (χ4n) is 2.43. The molecule has 3 aromatic rings. The van der Waals surface area contributed by atoms with Gasteiger partial charge in [-0.25, -0.2) is 4.39 Å². The summed E-state index contributed by atoms with van der Waals surface area (Å²) in [6.45, 7) is -0.0512. The van der Waals surface area contributed by atoms with Crippen molar-refractivity contribution in [3.8, 4) is 0 Å². The first kappa shape index (κ1) is 13.2. The van der Waals surface area contributed by atoms with Gasteiger partial charge in [-0.3, -0.25) is 8.74 Å². The van der Waals surface area contributed by atoms with Gasteiger partial charge in [-0.1, -0.05) is 48.5 Å². The molecular formula is C15H11FO3S. The van der Waals surface area contributed by atoms with E-state index in [1.807, 2.05) is 0 Å². The molecule has 1 atom stereocenters. The van der Waals surface area contributed by atoms with E-state index in [-0.39, 0.29) is 12.4 Å². The van der Waals surface area contributed by atoms with Gasteiger partial charge in [0, 0.05) is 10.8 Å². The van der Waals surface area contributed by atoms with E-state index in [9.17, 15) is 8.60 Å². The van der Waals surface area contributed by atoms with Crippen molar-refractivity contribution in [2.24, 2.45) is 0 Å². The number of benzene rings is 3. The first-order chi connectivity index (χ1) is 9.68. The summed E-state index contributed by atoms with van der Waals surface area (Å²) < 4.78 is 38.8. The highest BCUT2D eigenvalue weighted by atomic mass is 32.2. The van der Waals surface area contributed by atoms with Crippen molar-refractivity contribution in [2.45, 2.75) is 6.61 Å². The molecule has 3 rings (SSSR count). The Balaban J connectivity index is 2.37. The Morgan fingerprint density at radius 2 is 1.40 bits per heavy atom. The van der Waals surface area contributed by atoms with Crippen molar-refractivity contribution in [2.75, 3.05) is 0 Å². The Morgan fingerprint density at radius 3 is 1.85 bits per heavy atom.